The van der Waals surface area contributed by atoms with Crippen LogP contribution < -0.4 is 0 Å². The summed E-state index contributed by atoms with van der Waals surface area (Å²) < 4.78 is 0. The van der Waals surface area contributed by atoms with Gasteiger partial charge in [-0.25, -0.2) is 0 Å². The van der Waals surface area contributed by atoms with Crippen LogP contribution >= 0.6 is 0 Å². The molecular formula is C18H24O3. The minimum absolute atomic E-state index is 0.0445. The van der Waals surface area contributed by atoms with Crippen molar-refractivity contribution in [3.63, 3.8) is 0 Å². The van der Waals surface area contributed by atoms with Crippen LogP contribution in [0, 0.1) is 35.0 Å². The number of fused-ring (bicyclic) bond motifs is 5. The van der Waals surface area contributed by atoms with E-state index >= 15 is 0 Å². The van der Waals surface area contributed by atoms with Gasteiger partial charge in [-0.2, -0.15) is 0 Å². The Morgan fingerprint density at radius 2 is 1.81 bits per heavy atom. The molecule has 3 heteroatoms. The highest BCUT2D eigenvalue weighted by molar-refractivity contribution is 5.90. The van der Waals surface area contributed by atoms with Crippen LogP contribution in [0.5, 0.6) is 0 Å². The van der Waals surface area contributed by atoms with Crippen molar-refractivity contribution in [2.24, 2.45) is 35.0 Å². The van der Waals surface area contributed by atoms with Crippen molar-refractivity contribution in [3.05, 3.63) is 24.3 Å². The number of hydrogen-bond donors (Lipinski definition) is 2. The molecule has 0 aromatic carbocycles. The lowest BCUT2D eigenvalue weighted by atomic mass is 9.53. The Morgan fingerprint density at radius 1 is 1.05 bits per heavy atom. The van der Waals surface area contributed by atoms with E-state index in [-0.39, 0.29) is 29.1 Å². The van der Waals surface area contributed by atoms with Gasteiger partial charge in [0.1, 0.15) is 6.10 Å². The van der Waals surface area contributed by atoms with E-state index in [4.69, 9.17) is 0 Å². The van der Waals surface area contributed by atoms with Gasteiger partial charge in [-0.05, 0) is 54.8 Å². The monoisotopic (exact) mass is 288 g/mol. The van der Waals surface area contributed by atoms with Crippen LogP contribution in [0.25, 0.3) is 0 Å². The zero-order valence-corrected chi connectivity index (χ0v) is 12.5. The number of carbonyl (C=O) groups excluding carboxylic acids is 1. The third kappa shape index (κ3) is 1.77. The molecule has 2 N–H and O–H groups in total. The van der Waals surface area contributed by atoms with Crippen LogP contribution in [0.2, 0.25) is 0 Å². The molecule has 114 valence electrons. The summed E-state index contributed by atoms with van der Waals surface area (Å²) in [5.41, 5.74) is 0.0558. The summed E-state index contributed by atoms with van der Waals surface area (Å²) in [7, 11) is 0. The molecule has 0 aliphatic heterocycles. The molecule has 3 unspecified atom stereocenters. The van der Waals surface area contributed by atoms with Gasteiger partial charge in [0, 0.05) is 5.92 Å². The average Bonchev–Trinajstić information content (AvgIpc) is 2.78. The first kappa shape index (κ1) is 13.7. The largest absolute Gasteiger partial charge is 0.393 e. The second-order valence-electron chi connectivity index (χ2n) is 7.71. The first-order valence-corrected chi connectivity index (χ1v) is 8.29. The van der Waals surface area contributed by atoms with Crippen LogP contribution in [-0.4, -0.2) is 28.2 Å². The first-order valence-electron chi connectivity index (χ1n) is 8.29. The maximum Gasteiger partial charge on any atom is 0.172 e. The zero-order chi connectivity index (χ0) is 14.8. The molecule has 0 bridgehead atoms. The Bertz CT molecular complexity index is 523. The maximum atomic E-state index is 12.2. The van der Waals surface area contributed by atoms with E-state index in [1.54, 1.807) is 6.08 Å². The van der Waals surface area contributed by atoms with E-state index in [1.165, 1.54) is 0 Å². The van der Waals surface area contributed by atoms with Gasteiger partial charge in [0.2, 0.25) is 0 Å². The standard InChI is InChI=1S/C18H24O3/c1-18-9-8-11-10-4-6-15(19)17(21)13(10)3-2-12(11)14(18)5-7-16(18)20/h2-4,6,10-16,19-20H,5,7-9H2,1H3/t10-,11-,12-,13?,14+,15?,16?,18+/m1/s1. The van der Waals surface area contributed by atoms with Crippen LogP contribution in [-0.2, 0) is 4.79 Å². The molecule has 4 aliphatic carbocycles. The van der Waals surface area contributed by atoms with E-state index in [1.807, 2.05) is 6.08 Å². The van der Waals surface area contributed by atoms with Gasteiger partial charge in [-0.15, -0.1) is 0 Å². The summed E-state index contributed by atoms with van der Waals surface area (Å²) in [6.45, 7) is 2.25. The van der Waals surface area contributed by atoms with Gasteiger partial charge in [-0.3, -0.25) is 4.79 Å². The minimum Gasteiger partial charge on any atom is -0.393 e. The van der Waals surface area contributed by atoms with E-state index in [2.05, 4.69) is 19.1 Å². The topological polar surface area (TPSA) is 57.5 Å². The summed E-state index contributed by atoms with van der Waals surface area (Å²) in [6, 6.07) is 0. The molecule has 8 atom stereocenters. The van der Waals surface area contributed by atoms with E-state index < -0.39 is 6.10 Å². The van der Waals surface area contributed by atoms with Crippen LogP contribution in [0.3, 0.4) is 0 Å². The summed E-state index contributed by atoms with van der Waals surface area (Å²) in [6.07, 6.45) is 11.1. The van der Waals surface area contributed by atoms with Crippen molar-refractivity contribution in [1.29, 1.82) is 0 Å². The highest BCUT2D eigenvalue weighted by Crippen LogP contribution is 2.59. The fraction of sp³-hybridized carbons (Fsp3) is 0.722. The quantitative estimate of drug-likeness (QED) is 0.671. The lowest BCUT2D eigenvalue weighted by molar-refractivity contribution is -0.131. The number of carbonyl (C=O) groups is 1. The van der Waals surface area contributed by atoms with Crippen LogP contribution in [0.4, 0.5) is 0 Å². The molecule has 4 rings (SSSR count). The SMILES string of the molecule is C[C@]12CC[C@H]3[C@@H](C=CC4C(=O)C(O)C=C[C@@H]43)[C@@H]1CCC2O. The molecule has 0 radical (unpaired) electrons. The summed E-state index contributed by atoms with van der Waals surface area (Å²) in [5, 5.41) is 20.1. The van der Waals surface area contributed by atoms with Crippen molar-refractivity contribution in [1.82, 2.24) is 0 Å². The lowest BCUT2D eigenvalue weighted by Crippen LogP contribution is -2.49. The normalized spacial score (nSPS) is 55.0. The van der Waals surface area contributed by atoms with E-state index in [9.17, 15) is 15.0 Å². The van der Waals surface area contributed by atoms with Crippen LogP contribution in [0.1, 0.15) is 32.6 Å². The van der Waals surface area contributed by atoms with Gasteiger partial charge in [0.05, 0.1) is 6.10 Å². The van der Waals surface area contributed by atoms with Crippen molar-refractivity contribution in [2.45, 2.75) is 44.8 Å². The first-order chi connectivity index (χ1) is 10.0. The smallest absolute Gasteiger partial charge is 0.172 e. The molecule has 0 heterocycles. The fourth-order valence-corrected chi connectivity index (χ4v) is 5.64. The number of rotatable bonds is 0. The van der Waals surface area contributed by atoms with Crippen LogP contribution in [0.15, 0.2) is 24.3 Å². The van der Waals surface area contributed by atoms with E-state index in [0.717, 1.165) is 25.7 Å². The number of hydrogen-bond acceptors (Lipinski definition) is 3. The maximum absolute atomic E-state index is 12.2. The number of ketones is 1. The molecule has 3 nitrogen and oxygen atoms in total. The minimum atomic E-state index is -0.922. The number of Topliss-reactive ketones (excluding diaryl/α,β-unsaturated/α-hetero) is 1. The Hall–Kier alpha value is -0.930. The lowest BCUT2D eigenvalue weighted by Gasteiger charge is -2.51. The highest BCUT2D eigenvalue weighted by atomic mass is 16.3. The van der Waals surface area contributed by atoms with Crippen molar-refractivity contribution < 1.29 is 15.0 Å². The average molecular weight is 288 g/mol. The van der Waals surface area contributed by atoms with Crippen molar-refractivity contribution in [3.8, 4) is 0 Å². The Labute approximate surface area is 125 Å². The number of aliphatic hydroxyl groups excluding tert-OH is 2. The van der Waals surface area contributed by atoms with Gasteiger partial charge in [0.25, 0.3) is 0 Å². The molecule has 0 spiro atoms. The number of aliphatic hydroxyl groups is 2. The predicted molar refractivity (Wildman–Crippen MR) is 79.3 cm³/mol. The summed E-state index contributed by atoms with van der Waals surface area (Å²) >= 11 is 0. The second kappa shape index (κ2) is 4.53. The zero-order valence-electron chi connectivity index (χ0n) is 12.5. The molecule has 0 saturated heterocycles. The molecule has 4 aliphatic rings. The molecule has 21 heavy (non-hydrogen) atoms. The molecule has 0 aromatic heterocycles. The van der Waals surface area contributed by atoms with Crippen molar-refractivity contribution in [2.75, 3.05) is 0 Å². The van der Waals surface area contributed by atoms with Gasteiger partial charge >= 0.3 is 0 Å². The van der Waals surface area contributed by atoms with Crippen molar-refractivity contribution >= 4 is 5.78 Å². The molecule has 0 amide bonds. The fourth-order valence-electron chi connectivity index (χ4n) is 5.64. The third-order valence-corrected chi connectivity index (χ3v) is 6.92. The molecule has 0 aromatic rings. The van der Waals surface area contributed by atoms with Gasteiger partial charge in [-0.1, -0.05) is 31.2 Å². The Balaban J connectivity index is 1.68. The predicted octanol–water partition coefficient (Wildman–Crippen LogP) is 2.09. The molecule has 2 fully saturated rings. The second-order valence-corrected chi connectivity index (χ2v) is 7.71. The van der Waals surface area contributed by atoms with E-state index in [0.29, 0.717) is 17.8 Å². The van der Waals surface area contributed by atoms with Gasteiger partial charge < -0.3 is 10.2 Å². The highest BCUT2D eigenvalue weighted by Gasteiger charge is 2.56. The molecular weight excluding hydrogens is 264 g/mol. The summed E-state index contributed by atoms with van der Waals surface area (Å²) in [4.78, 5) is 12.2. The Kier molecular flexibility index (Phi) is 2.96. The Morgan fingerprint density at radius 3 is 2.62 bits per heavy atom. The van der Waals surface area contributed by atoms with Gasteiger partial charge in [0.15, 0.2) is 5.78 Å². The summed E-state index contributed by atoms with van der Waals surface area (Å²) in [5.74, 6) is 1.59. The number of allylic oxidation sites excluding steroid dienone is 3. The molecule has 2 saturated carbocycles. The third-order valence-electron chi connectivity index (χ3n) is 6.92.